The molecule has 144 valence electrons. The van der Waals surface area contributed by atoms with Crippen molar-refractivity contribution in [3.8, 4) is 0 Å². The number of carbonyl (C=O) groups excluding carboxylic acids is 2. The maximum atomic E-state index is 13.0. The molecule has 0 aliphatic heterocycles. The van der Waals surface area contributed by atoms with Gasteiger partial charge in [-0.25, -0.2) is 4.98 Å². The van der Waals surface area contributed by atoms with Crippen LogP contribution in [0.3, 0.4) is 0 Å². The van der Waals surface area contributed by atoms with E-state index in [4.69, 9.17) is 0 Å². The summed E-state index contributed by atoms with van der Waals surface area (Å²) in [5, 5.41) is 0. The first-order valence-electron chi connectivity index (χ1n) is 9.07. The van der Waals surface area contributed by atoms with Crippen LogP contribution in [0.2, 0.25) is 0 Å². The minimum atomic E-state index is -0.277. The van der Waals surface area contributed by atoms with Crippen LogP contribution in [-0.4, -0.2) is 45.3 Å². The average Bonchev–Trinajstić information content (AvgIpc) is 3.09. The fourth-order valence-corrected chi connectivity index (χ4v) is 3.06. The summed E-state index contributed by atoms with van der Waals surface area (Å²) in [6.45, 7) is 0.905. The predicted octanol–water partition coefficient (Wildman–Crippen LogP) is 2.96. The van der Waals surface area contributed by atoms with Crippen LogP contribution >= 0.6 is 0 Å². The second-order valence-corrected chi connectivity index (χ2v) is 6.85. The number of carbonyl (C=O) groups is 2. The second-order valence-electron chi connectivity index (χ2n) is 6.85. The fourth-order valence-electron chi connectivity index (χ4n) is 3.06. The number of aromatic nitrogens is 2. The van der Waals surface area contributed by atoms with Crippen molar-refractivity contribution >= 4 is 11.8 Å². The Hall–Kier alpha value is -3.41. The van der Waals surface area contributed by atoms with Crippen LogP contribution < -0.4 is 0 Å². The van der Waals surface area contributed by atoms with Crippen LogP contribution in [0.15, 0.2) is 67.0 Å². The molecule has 1 heterocycles. The van der Waals surface area contributed by atoms with Gasteiger partial charge in [0.2, 0.25) is 0 Å². The molecule has 0 radical (unpaired) electrons. The molecule has 0 unspecified atom stereocenters. The summed E-state index contributed by atoms with van der Waals surface area (Å²) in [6.07, 6.45) is 1.51. The standard InChI is InChI=1S/C22H24N4O2/c1-24(14-17-10-6-4-7-11-17)21(27)19-20(26(3)16-23-19)22(28)25(2)15-18-12-8-5-9-13-18/h4-13,16H,14-15H2,1-3H3. The molecular weight excluding hydrogens is 352 g/mol. The van der Waals surface area contributed by atoms with Crippen LogP contribution in [0.1, 0.15) is 32.1 Å². The Bertz CT molecular complexity index is 951. The average molecular weight is 376 g/mol. The van der Waals surface area contributed by atoms with Gasteiger partial charge in [-0.15, -0.1) is 0 Å². The zero-order valence-corrected chi connectivity index (χ0v) is 16.4. The van der Waals surface area contributed by atoms with Gasteiger partial charge in [0.25, 0.3) is 11.8 Å². The highest BCUT2D eigenvalue weighted by Crippen LogP contribution is 2.15. The third-order valence-electron chi connectivity index (χ3n) is 4.56. The molecule has 0 atom stereocenters. The summed E-state index contributed by atoms with van der Waals surface area (Å²) in [6, 6.07) is 19.5. The van der Waals surface area contributed by atoms with Crippen molar-refractivity contribution in [2.45, 2.75) is 13.1 Å². The number of aryl methyl sites for hydroxylation is 1. The van der Waals surface area contributed by atoms with E-state index >= 15 is 0 Å². The number of imidazole rings is 1. The van der Waals surface area contributed by atoms with Gasteiger partial charge in [0, 0.05) is 34.2 Å². The summed E-state index contributed by atoms with van der Waals surface area (Å²) in [4.78, 5) is 33.4. The molecule has 0 bridgehead atoms. The van der Waals surface area contributed by atoms with E-state index in [1.165, 1.54) is 6.33 Å². The Balaban J connectivity index is 1.78. The molecule has 3 aromatic rings. The van der Waals surface area contributed by atoms with Gasteiger partial charge in [0.15, 0.2) is 5.69 Å². The van der Waals surface area contributed by atoms with E-state index in [9.17, 15) is 9.59 Å². The van der Waals surface area contributed by atoms with E-state index in [2.05, 4.69) is 4.98 Å². The van der Waals surface area contributed by atoms with Crippen molar-refractivity contribution in [1.82, 2.24) is 19.4 Å². The smallest absolute Gasteiger partial charge is 0.274 e. The van der Waals surface area contributed by atoms with Crippen molar-refractivity contribution in [2.75, 3.05) is 14.1 Å². The highest BCUT2D eigenvalue weighted by Gasteiger charge is 2.27. The molecule has 6 heteroatoms. The molecule has 2 aromatic carbocycles. The maximum absolute atomic E-state index is 13.0. The van der Waals surface area contributed by atoms with Crippen LogP contribution in [0, 0.1) is 0 Å². The second kappa shape index (κ2) is 8.52. The third-order valence-corrected chi connectivity index (χ3v) is 4.56. The third kappa shape index (κ3) is 4.28. The zero-order chi connectivity index (χ0) is 20.1. The van der Waals surface area contributed by atoms with E-state index in [1.54, 1.807) is 35.5 Å². The molecule has 6 nitrogen and oxygen atoms in total. The molecule has 0 spiro atoms. The highest BCUT2D eigenvalue weighted by molar-refractivity contribution is 6.04. The summed E-state index contributed by atoms with van der Waals surface area (Å²) >= 11 is 0. The van der Waals surface area contributed by atoms with Crippen LogP contribution in [-0.2, 0) is 20.1 Å². The van der Waals surface area contributed by atoms with Crippen molar-refractivity contribution in [2.24, 2.45) is 7.05 Å². The SMILES string of the molecule is CN(Cc1ccccc1)C(=O)c1ncn(C)c1C(=O)N(C)Cc1ccccc1. The Morgan fingerprint density at radius 1 is 0.821 bits per heavy atom. The molecule has 0 saturated heterocycles. The minimum Gasteiger partial charge on any atom is -0.336 e. The van der Waals surface area contributed by atoms with E-state index in [0.29, 0.717) is 18.8 Å². The summed E-state index contributed by atoms with van der Waals surface area (Å²) in [5.74, 6) is -0.513. The van der Waals surface area contributed by atoms with E-state index in [1.807, 2.05) is 60.7 Å². The first-order valence-corrected chi connectivity index (χ1v) is 9.07. The topological polar surface area (TPSA) is 58.4 Å². The predicted molar refractivity (Wildman–Crippen MR) is 108 cm³/mol. The quantitative estimate of drug-likeness (QED) is 0.665. The molecule has 1 aromatic heterocycles. The lowest BCUT2D eigenvalue weighted by Gasteiger charge is -2.20. The molecule has 2 amide bonds. The summed E-state index contributed by atoms with van der Waals surface area (Å²) in [7, 11) is 5.17. The normalized spacial score (nSPS) is 10.5. The first kappa shape index (κ1) is 19.4. The molecule has 0 aliphatic rings. The molecule has 28 heavy (non-hydrogen) atoms. The Kier molecular flexibility index (Phi) is 5.89. The van der Waals surface area contributed by atoms with Crippen molar-refractivity contribution in [3.05, 3.63) is 89.5 Å². The molecule has 0 fully saturated rings. The minimum absolute atomic E-state index is 0.172. The first-order chi connectivity index (χ1) is 13.5. The van der Waals surface area contributed by atoms with Gasteiger partial charge in [-0.3, -0.25) is 9.59 Å². The van der Waals surface area contributed by atoms with Gasteiger partial charge in [0.1, 0.15) is 5.69 Å². The number of benzene rings is 2. The van der Waals surface area contributed by atoms with Crippen molar-refractivity contribution in [1.29, 1.82) is 0 Å². The Labute approximate surface area is 165 Å². The number of nitrogens with zero attached hydrogens (tertiary/aromatic N) is 4. The van der Waals surface area contributed by atoms with E-state index < -0.39 is 0 Å². The van der Waals surface area contributed by atoms with Gasteiger partial charge in [-0.2, -0.15) is 0 Å². The van der Waals surface area contributed by atoms with Crippen molar-refractivity contribution < 1.29 is 9.59 Å². The number of hydrogen-bond acceptors (Lipinski definition) is 3. The number of rotatable bonds is 6. The maximum Gasteiger partial charge on any atom is 0.274 e. The fraction of sp³-hybridized carbons (Fsp3) is 0.227. The monoisotopic (exact) mass is 376 g/mol. The summed E-state index contributed by atoms with van der Waals surface area (Å²) < 4.78 is 1.60. The van der Waals surface area contributed by atoms with E-state index in [-0.39, 0.29) is 17.5 Å². The molecule has 0 saturated carbocycles. The molecule has 3 rings (SSSR count). The van der Waals surface area contributed by atoms with Gasteiger partial charge in [-0.1, -0.05) is 60.7 Å². The lowest BCUT2D eigenvalue weighted by atomic mass is 10.2. The van der Waals surface area contributed by atoms with Crippen LogP contribution in [0.25, 0.3) is 0 Å². The Morgan fingerprint density at radius 3 is 1.79 bits per heavy atom. The Morgan fingerprint density at radius 2 is 1.29 bits per heavy atom. The zero-order valence-electron chi connectivity index (χ0n) is 16.4. The molecule has 0 aliphatic carbocycles. The number of amides is 2. The lowest BCUT2D eigenvalue weighted by molar-refractivity contribution is 0.0737. The highest BCUT2D eigenvalue weighted by atomic mass is 16.2. The largest absolute Gasteiger partial charge is 0.336 e. The summed E-state index contributed by atoms with van der Waals surface area (Å²) in [5.41, 5.74) is 2.51. The van der Waals surface area contributed by atoms with E-state index in [0.717, 1.165) is 11.1 Å². The van der Waals surface area contributed by atoms with Gasteiger partial charge in [-0.05, 0) is 11.1 Å². The van der Waals surface area contributed by atoms with Crippen LogP contribution in [0.4, 0.5) is 0 Å². The molecular formula is C22H24N4O2. The van der Waals surface area contributed by atoms with Crippen LogP contribution in [0.5, 0.6) is 0 Å². The number of hydrogen-bond donors (Lipinski definition) is 0. The lowest BCUT2D eigenvalue weighted by Crippen LogP contribution is -2.32. The molecule has 0 N–H and O–H groups in total. The van der Waals surface area contributed by atoms with Gasteiger partial charge in [0.05, 0.1) is 6.33 Å². The van der Waals surface area contributed by atoms with Gasteiger partial charge < -0.3 is 14.4 Å². The van der Waals surface area contributed by atoms with Gasteiger partial charge >= 0.3 is 0 Å². The van der Waals surface area contributed by atoms with Crippen molar-refractivity contribution in [3.63, 3.8) is 0 Å².